The van der Waals surface area contributed by atoms with Gasteiger partial charge in [-0.05, 0) is 38.3 Å². The van der Waals surface area contributed by atoms with Gasteiger partial charge in [0.1, 0.15) is 5.69 Å². The molecule has 0 saturated heterocycles. The molecule has 1 aromatic carbocycles. The molecule has 0 bridgehead atoms. The van der Waals surface area contributed by atoms with Gasteiger partial charge in [0.25, 0.3) is 5.56 Å². The predicted octanol–water partition coefficient (Wildman–Crippen LogP) is 0.503. The van der Waals surface area contributed by atoms with Crippen LogP contribution in [0.15, 0.2) is 22.1 Å². The lowest BCUT2D eigenvalue weighted by Gasteiger charge is -2.12. The van der Waals surface area contributed by atoms with E-state index in [1.807, 2.05) is 32.9 Å². The Morgan fingerprint density at radius 3 is 2.42 bits per heavy atom. The van der Waals surface area contributed by atoms with Crippen molar-refractivity contribution in [2.24, 2.45) is 0 Å². The summed E-state index contributed by atoms with van der Waals surface area (Å²) in [6.45, 7) is 5.85. The number of aromatic amines is 1. The number of aliphatic carboxylic acids is 1. The molecule has 0 aliphatic carbocycles. The molecule has 138 valence electrons. The van der Waals surface area contributed by atoms with Crippen molar-refractivity contribution in [3.05, 3.63) is 44.9 Å². The maximum absolute atomic E-state index is 12.2. The molecule has 0 atom stereocenters. The Labute approximate surface area is 154 Å². The lowest BCUT2D eigenvalue weighted by Crippen LogP contribution is -2.25. The van der Waals surface area contributed by atoms with E-state index < -0.39 is 11.5 Å². The SMILES string of the molecule is Cc1cc(C)c(NC(=O)CSc2nnc(CCC(=O)[O-])c(=O)[nH]2)c(C)c1. The first-order chi connectivity index (χ1) is 12.3. The Hall–Kier alpha value is -2.68. The van der Waals surface area contributed by atoms with E-state index in [1.54, 1.807) is 0 Å². The van der Waals surface area contributed by atoms with E-state index in [2.05, 4.69) is 20.5 Å². The van der Waals surface area contributed by atoms with Gasteiger partial charge in [0.2, 0.25) is 5.91 Å². The highest BCUT2D eigenvalue weighted by molar-refractivity contribution is 7.99. The summed E-state index contributed by atoms with van der Waals surface area (Å²) in [4.78, 5) is 36.9. The van der Waals surface area contributed by atoms with E-state index in [0.717, 1.165) is 34.1 Å². The summed E-state index contributed by atoms with van der Waals surface area (Å²) in [7, 11) is 0. The Morgan fingerprint density at radius 1 is 1.19 bits per heavy atom. The van der Waals surface area contributed by atoms with Crippen LogP contribution in [0.1, 0.15) is 28.8 Å². The van der Waals surface area contributed by atoms with Crippen LogP contribution in [-0.2, 0) is 16.0 Å². The minimum absolute atomic E-state index is 0.0221. The number of aromatic nitrogens is 3. The number of hydrogen-bond donors (Lipinski definition) is 2. The number of thioether (sulfide) groups is 1. The van der Waals surface area contributed by atoms with Gasteiger partial charge in [-0.1, -0.05) is 29.5 Å². The third-order valence-electron chi connectivity index (χ3n) is 3.59. The maximum Gasteiger partial charge on any atom is 0.273 e. The lowest BCUT2D eigenvalue weighted by atomic mass is 10.1. The summed E-state index contributed by atoms with van der Waals surface area (Å²) in [5.74, 6) is -1.44. The number of anilines is 1. The number of carboxylic acid groups (broad SMARTS) is 1. The minimum Gasteiger partial charge on any atom is -0.550 e. The van der Waals surface area contributed by atoms with Crippen LogP contribution in [0.5, 0.6) is 0 Å². The van der Waals surface area contributed by atoms with Crippen molar-refractivity contribution in [3.63, 3.8) is 0 Å². The van der Waals surface area contributed by atoms with E-state index in [4.69, 9.17) is 0 Å². The molecule has 1 heterocycles. The van der Waals surface area contributed by atoms with E-state index in [-0.39, 0.29) is 35.4 Å². The van der Waals surface area contributed by atoms with Gasteiger partial charge in [0.05, 0.1) is 5.75 Å². The first-order valence-electron chi connectivity index (χ1n) is 7.92. The topological polar surface area (TPSA) is 128 Å². The number of nitrogens with zero attached hydrogens (tertiary/aromatic N) is 2. The molecule has 9 heteroatoms. The Morgan fingerprint density at radius 2 is 1.85 bits per heavy atom. The van der Waals surface area contributed by atoms with E-state index in [1.165, 1.54) is 0 Å². The van der Waals surface area contributed by atoms with E-state index in [9.17, 15) is 19.5 Å². The van der Waals surface area contributed by atoms with Crippen LogP contribution < -0.4 is 16.0 Å². The zero-order chi connectivity index (χ0) is 19.3. The number of carbonyl (C=O) groups is 2. The molecule has 26 heavy (non-hydrogen) atoms. The van der Waals surface area contributed by atoms with Gasteiger partial charge in [-0.2, -0.15) is 0 Å². The molecule has 0 aliphatic rings. The highest BCUT2D eigenvalue weighted by Gasteiger charge is 2.11. The van der Waals surface area contributed by atoms with Crippen molar-refractivity contribution in [2.45, 2.75) is 38.8 Å². The summed E-state index contributed by atoms with van der Waals surface area (Å²) >= 11 is 1.04. The first-order valence-corrected chi connectivity index (χ1v) is 8.91. The Bertz CT molecular complexity index is 872. The number of nitrogens with one attached hydrogen (secondary N) is 2. The average Bonchev–Trinajstić information content (AvgIpc) is 2.55. The minimum atomic E-state index is -1.26. The molecule has 0 aliphatic heterocycles. The van der Waals surface area contributed by atoms with Crippen molar-refractivity contribution >= 4 is 29.3 Å². The Kier molecular flexibility index (Phi) is 6.51. The fraction of sp³-hybridized carbons (Fsp3) is 0.353. The third kappa shape index (κ3) is 5.41. The molecule has 2 aromatic rings. The third-order valence-corrected chi connectivity index (χ3v) is 4.46. The van der Waals surface area contributed by atoms with Gasteiger partial charge >= 0.3 is 0 Å². The van der Waals surface area contributed by atoms with Crippen LogP contribution in [0, 0.1) is 20.8 Å². The normalized spacial score (nSPS) is 10.6. The maximum atomic E-state index is 12.2. The second kappa shape index (κ2) is 8.61. The molecular formula is C17H19N4O4S-. The van der Waals surface area contributed by atoms with Crippen LogP contribution in [0.4, 0.5) is 5.69 Å². The zero-order valence-corrected chi connectivity index (χ0v) is 15.5. The fourth-order valence-electron chi connectivity index (χ4n) is 2.48. The highest BCUT2D eigenvalue weighted by atomic mass is 32.2. The monoisotopic (exact) mass is 375 g/mol. The van der Waals surface area contributed by atoms with Gasteiger partial charge in [0, 0.05) is 18.1 Å². The summed E-state index contributed by atoms with van der Waals surface area (Å²) in [5, 5.41) is 21.0. The lowest BCUT2D eigenvalue weighted by molar-refractivity contribution is -0.305. The summed E-state index contributed by atoms with van der Waals surface area (Å²) in [6.07, 6.45) is -0.357. The molecule has 0 saturated carbocycles. The molecule has 0 fully saturated rings. The number of carboxylic acids is 1. The van der Waals surface area contributed by atoms with Gasteiger partial charge in [-0.15, -0.1) is 10.2 Å². The van der Waals surface area contributed by atoms with Gasteiger partial charge < -0.3 is 15.2 Å². The van der Waals surface area contributed by atoms with Crippen molar-refractivity contribution in [3.8, 4) is 0 Å². The van der Waals surface area contributed by atoms with Gasteiger partial charge in [-0.25, -0.2) is 0 Å². The predicted molar refractivity (Wildman–Crippen MR) is 96.0 cm³/mol. The molecule has 0 unspecified atom stereocenters. The number of benzene rings is 1. The molecule has 2 N–H and O–H groups in total. The molecule has 2 rings (SSSR count). The van der Waals surface area contributed by atoms with Crippen molar-refractivity contribution < 1.29 is 14.7 Å². The fourth-order valence-corrected chi connectivity index (χ4v) is 3.08. The molecular weight excluding hydrogens is 356 g/mol. The molecule has 8 nitrogen and oxygen atoms in total. The number of H-pyrrole nitrogens is 1. The smallest absolute Gasteiger partial charge is 0.273 e. The van der Waals surface area contributed by atoms with Crippen LogP contribution in [0.3, 0.4) is 0 Å². The number of rotatable bonds is 7. The summed E-state index contributed by atoms with van der Waals surface area (Å²) in [5.41, 5.74) is 3.36. The standard InChI is InChI=1S/C17H20N4O4S/c1-9-6-10(2)15(11(3)7-9)18-13(22)8-26-17-19-16(25)12(20-21-17)4-5-14(23)24/h6-7H,4-5,8H2,1-3H3,(H,18,22)(H,23,24)(H,19,21,25)/p-1. The van der Waals surface area contributed by atoms with Crippen LogP contribution in [-0.4, -0.2) is 32.8 Å². The average molecular weight is 375 g/mol. The van der Waals surface area contributed by atoms with Crippen molar-refractivity contribution in [1.82, 2.24) is 15.2 Å². The summed E-state index contributed by atoms with van der Waals surface area (Å²) < 4.78 is 0. The van der Waals surface area contributed by atoms with E-state index >= 15 is 0 Å². The van der Waals surface area contributed by atoms with Crippen molar-refractivity contribution in [2.75, 3.05) is 11.1 Å². The Balaban J connectivity index is 1.96. The first kappa shape index (κ1) is 19.6. The summed E-state index contributed by atoms with van der Waals surface area (Å²) in [6, 6.07) is 3.98. The number of carbonyl (C=O) groups excluding carboxylic acids is 2. The molecule has 0 spiro atoms. The van der Waals surface area contributed by atoms with Crippen molar-refractivity contribution in [1.29, 1.82) is 0 Å². The van der Waals surface area contributed by atoms with Gasteiger partial charge in [-0.3, -0.25) is 14.6 Å². The quantitative estimate of drug-likeness (QED) is 0.675. The van der Waals surface area contributed by atoms with E-state index in [0.29, 0.717) is 0 Å². The second-order valence-electron chi connectivity index (χ2n) is 5.89. The van der Waals surface area contributed by atoms with Gasteiger partial charge in [0.15, 0.2) is 5.16 Å². The molecule has 1 aromatic heterocycles. The van der Waals surface area contributed by atoms with Crippen LogP contribution in [0.25, 0.3) is 0 Å². The second-order valence-corrected chi connectivity index (χ2v) is 6.85. The highest BCUT2D eigenvalue weighted by Crippen LogP contribution is 2.22. The number of hydrogen-bond acceptors (Lipinski definition) is 7. The van der Waals surface area contributed by atoms with Crippen LogP contribution in [0.2, 0.25) is 0 Å². The molecule has 0 radical (unpaired) electrons. The number of amides is 1. The number of aryl methyl sites for hydroxylation is 4. The largest absolute Gasteiger partial charge is 0.550 e. The molecule has 1 amide bonds. The zero-order valence-electron chi connectivity index (χ0n) is 14.7. The van der Waals surface area contributed by atoms with Crippen LogP contribution >= 0.6 is 11.8 Å².